The summed E-state index contributed by atoms with van der Waals surface area (Å²) >= 11 is 0. The number of carboxylic acids is 1. The number of benzene rings is 1. The van der Waals surface area contributed by atoms with Crippen LogP contribution >= 0.6 is 0 Å². The van der Waals surface area contributed by atoms with Crippen LogP contribution in [-0.2, 0) is 11.2 Å². The minimum Gasteiger partial charge on any atom is -0.497 e. The van der Waals surface area contributed by atoms with E-state index in [0.717, 1.165) is 5.56 Å². The van der Waals surface area contributed by atoms with Gasteiger partial charge in [0.25, 0.3) is 0 Å². The van der Waals surface area contributed by atoms with Gasteiger partial charge >= 0.3 is 5.97 Å². The number of nitrogens with two attached hydrogens (primary N) is 1. The van der Waals surface area contributed by atoms with Crippen molar-refractivity contribution in [2.24, 2.45) is 17.6 Å². The van der Waals surface area contributed by atoms with Gasteiger partial charge < -0.3 is 25.1 Å². The van der Waals surface area contributed by atoms with Gasteiger partial charge in [-0.2, -0.15) is 0 Å². The van der Waals surface area contributed by atoms with Crippen LogP contribution in [0.2, 0.25) is 0 Å². The fourth-order valence-corrected chi connectivity index (χ4v) is 2.53. The molecule has 0 aliphatic heterocycles. The summed E-state index contributed by atoms with van der Waals surface area (Å²) in [5.41, 5.74) is 6.44. The molecule has 0 radical (unpaired) electrons. The summed E-state index contributed by atoms with van der Waals surface area (Å²) in [5, 5.41) is 9.11. The van der Waals surface area contributed by atoms with Gasteiger partial charge in [0, 0.05) is 18.2 Å². The summed E-state index contributed by atoms with van der Waals surface area (Å²) in [6.07, 6.45) is 1.16. The molecular formula is C16H25NO5. The van der Waals surface area contributed by atoms with E-state index in [1.54, 1.807) is 27.4 Å². The van der Waals surface area contributed by atoms with Gasteiger partial charge in [-0.3, -0.25) is 4.79 Å². The molecule has 0 saturated carbocycles. The normalized spacial score (nSPS) is 13.3. The first-order chi connectivity index (χ1) is 10.5. The largest absolute Gasteiger partial charge is 0.497 e. The molecule has 0 heterocycles. The maximum atomic E-state index is 11.1. The number of rotatable bonds is 9. The van der Waals surface area contributed by atoms with Crippen molar-refractivity contribution >= 4 is 5.97 Å². The zero-order chi connectivity index (χ0) is 16.7. The minimum absolute atomic E-state index is 0.135. The number of hydrogen-bond donors (Lipinski definition) is 2. The molecule has 6 nitrogen and oxygen atoms in total. The third kappa shape index (κ3) is 4.53. The van der Waals surface area contributed by atoms with Gasteiger partial charge in [0.1, 0.15) is 5.75 Å². The number of carbonyl (C=O) groups is 1. The summed E-state index contributed by atoms with van der Waals surface area (Å²) in [4.78, 5) is 11.1. The molecule has 0 fully saturated rings. The summed E-state index contributed by atoms with van der Waals surface area (Å²) in [5.74, 6) is 0.661. The Balaban J connectivity index is 2.97. The molecule has 0 aromatic heterocycles. The topological polar surface area (TPSA) is 91.0 Å². The van der Waals surface area contributed by atoms with E-state index >= 15 is 0 Å². The average Bonchev–Trinajstić information content (AvgIpc) is 2.51. The van der Waals surface area contributed by atoms with E-state index in [9.17, 15) is 4.79 Å². The first kappa shape index (κ1) is 18.1. The fourth-order valence-electron chi connectivity index (χ4n) is 2.53. The molecule has 3 N–H and O–H groups in total. The molecule has 1 rings (SSSR count). The third-order valence-corrected chi connectivity index (χ3v) is 3.65. The van der Waals surface area contributed by atoms with Crippen molar-refractivity contribution in [3.63, 3.8) is 0 Å². The third-order valence-electron chi connectivity index (χ3n) is 3.65. The van der Waals surface area contributed by atoms with E-state index in [4.69, 9.17) is 25.1 Å². The second-order valence-electron chi connectivity index (χ2n) is 5.34. The van der Waals surface area contributed by atoms with E-state index in [1.807, 2.05) is 13.0 Å². The molecule has 1 aromatic carbocycles. The Morgan fingerprint density at radius 3 is 2.36 bits per heavy atom. The van der Waals surface area contributed by atoms with Crippen LogP contribution in [0.15, 0.2) is 12.1 Å². The number of carboxylic acid groups (broad SMARTS) is 1. The van der Waals surface area contributed by atoms with Crippen LogP contribution in [0.5, 0.6) is 17.2 Å². The highest BCUT2D eigenvalue weighted by molar-refractivity contribution is 5.70. The molecule has 0 spiro atoms. The van der Waals surface area contributed by atoms with Crippen molar-refractivity contribution in [3.8, 4) is 17.2 Å². The number of ether oxygens (including phenoxy) is 3. The monoisotopic (exact) mass is 311 g/mol. The van der Waals surface area contributed by atoms with Crippen molar-refractivity contribution < 1.29 is 24.1 Å². The van der Waals surface area contributed by atoms with Gasteiger partial charge in [-0.25, -0.2) is 0 Å². The Morgan fingerprint density at radius 2 is 1.91 bits per heavy atom. The van der Waals surface area contributed by atoms with E-state index in [-0.39, 0.29) is 12.5 Å². The molecule has 0 amide bonds. The first-order valence-electron chi connectivity index (χ1n) is 7.18. The molecule has 124 valence electrons. The highest BCUT2D eigenvalue weighted by Crippen LogP contribution is 2.37. The lowest BCUT2D eigenvalue weighted by Crippen LogP contribution is -2.25. The fraction of sp³-hybridized carbons (Fsp3) is 0.562. The van der Waals surface area contributed by atoms with Crippen LogP contribution in [0.25, 0.3) is 0 Å². The van der Waals surface area contributed by atoms with E-state index in [2.05, 4.69) is 0 Å². The second-order valence-corrected chi connectivity index (χ2v) is 5.34. The maximum Gasteiger partial charge on any atom is 0.307 e. The summed E-state index contributed by atoms with van der Waals surface area (Å²) in [6, 6.07) is 3.64. The molecule has 0 aliphatic rings. The van der Waals surface area contributed by atoms with Gasteiger partial charge in [-0.05, 0) is 24.8 Å². The Kier molecular flexibility index (Phi) is 6.98. The summed E-state index contributed by atoms with van der Waals surface area (Å²) < 4.78 is 16.0. The molecule has 0 saturated heterocycles. The van der Waals surface area contributed by atoms with Crippen molar-refractivity contribution in [2.75, 3.05) is 27.9 Å². The first-order valence-corrected chi connectivity index (χ1v) is 7.18. The smallest absolute Gasteiger partial charge is 0.307 e. The number of methoxy groups -OCH3 is 3. The van der Waals surface area contributed by atoms with Gasteiger partial charge in [0.2, 0.25) is 0 Å². The van der Waals surface area contributed by atoms with Crippen LogP contribution in [0.4, 0.5) is 0 Å². The minimum atomic E-state index is -0.857. The molecule has 1 aromatic rings. The highest BCUT2D eigenvalue weighted by Gasteiger charge is 2.21. The van der Waals surface area contributed by atoms with Gasteiger partial charge in [0.05, 0.1) is 27.2 Å². The Bertz CT molecular complexity index is 504. The van der Waals surface area contributed by atoms with Crippen LogP contribution in [0, 0.1) is 11.8 Å². The molecule has 2 atom stereocenters. The predicted molar refractivity (Wildman–Crippen MR) is 83.8 cm³/mol. The van der Waals surface area contributed by atoms with E-state index in [0.29, 0.717) is 30.1 Å². The van der Waals surface area contributed by atoms with Crippen molar-refractivity contribution in [1.29, 1.82) is 0 Å². The quantitative estimate of drug-likeness (QED) is 0.724. The molecule has 22 heavy (non-hydrogen) atoms. The Labute approximate surface area is 131 Å². The van der Waals surface area contributed by atoms with E-state index < -0.39 is 11.9 Å². The maximum absolute atomic E-state index is 11.1. The lowest BCUT2D eigenvalue weighted by atomic mass is 9.90. The van der Waals surface area contributed by atoms with Crippen LogP contribution < -0.4 is 19.9 Å². The van der Waals surface area contributed by atoms with E-state index in [1.165, 1.54) is 0 Å². The van der Waals surface area contributed by atoms with Gasteiger partial charge in [0.15, 0.2) is 11.5 Å². The number of hydrogen-bond acceptors (Lipinski definition) is 5. The predicted octanol–water partition coefficient (Wildman–Crippen LogP) is 1.94. The van der Waals surface area contributed by atoms with Crippen LogP contribution in [0.1, 0.15) is 18.9 Å². The van der Waals surface area contributed by atoms with Crippen molar-refractivity contribution in [1.82, 2.24) is 0 Å². The summed E-state index contributed by atoms with van der Waals surface area (Å²) in [7, 11) is 4.74. The van der Waals surface area contributed by atoms with Gasteiger partial charge in [-0.15, -0.1) is 0 Å². The van der Waals surface area contributed by atoms with Gasteiger partial charge in [-0.1, -0.05) is 6.92 Å². The molecule has 6 heteroatoms. The summed E-state index contributed by atoms with van der Waals surface area (Å²) in [6.45, 7) is 2.13. The van der Waals surface area contributed by atoms with Crippen molar-refractivity contribution in [3.05, 3.63) is 17.7 Å². The van der Waals surface area contributed by atoms with Crippen molar-refractivity contribution in [2.45, 2.75) is 19.8 Å². The molecular weight excluding hydrogens is 286 g/mol. The van der Waals surface area contributed by atoms with Crippen LogP contribution in [0.3, 0.4) is 0 Å². The standard InChI is InChI=1S/C16H25NO5/c1-10(6-12(9-17)16(18)19)5-11-7-13(20-2)8-14(21-3)15(11)22-4/h7-8,10,12H,5-6,9,17H2,1-4H3,(H,18,19). The molecule has 0 bridgehead atoms. The zero-order valence-electron chi connectivity index (χ0n) is 13.6. The lowest BCUT2D eigenvalue weighted by Gasteiger charge is -2.19. The zero-order valence-corrected chi connectivity index (χ0v) is 13.6. The second kappa shape index (κ2) is 8.48. The van der Waals surface area contributed by atoms with Crippen LogP contribution in [-0.4, -0.2) is 38.9 Å². The molecule has 2 unspecified atom stereocenters. The highest BCUT2D eigenvalue weighted by atomic mass is 16.5. The SMILES string of the molecule is COc1cc(CC(C)CC(CN)C(=O)O)c(OC)c(OC)c1. The Hall–Kier alpha value is -1.95. The number of aliphatic carboxylic acids is 1. The lowest BCUT2D eigenvalue weighted by molar-refractivity contribution is -0.141. The molecule has 0 aliphatic carbocycles. The Morgan fingerprint density at radius 1 is 1.23 bits per heavy atom. The average molecular weight is 311 g/mol.